The van der Waals surface area contributed by atoms with E-state index in [1.54, 1.807) is 18.2 Å². The summed E-state index contributed by atoms with van der Waals surface area (Å²) in [4.78, 5) is 11.8. The standard InChI is InChI=1S/C19H17ClN2O3/c1-3-24-15-6-4-5-14-16(18(19(21)23)25-17(14)15)22-11(2)12-7-9-13(20)10-8-12/h4-10,22H,2-3H2,1H3,(H2,21,23). The molecule has 0 radical (unpaired) electrons. The van der Waals surface area contributed by atoms with Gasteiger partial charge in [-0.25, -0.2) is 0 Å². The van der Waals surface area contributed by atoms with E-state index in [0.717, 1.165) is 5.56 Å². The summed E-state index contributed by atoms with van der Waals surface area (Å²) in [5, 5.41) is 4.45. The number of hydrogen-bond donors (Lipinski definition) is 2. The fourth-order valence-corrected chi connectivity index (χ4v) is 2.66. The van der Waals surface area contributed by atoms with E-state index in [2.05, 4.69) is 11.9 Å². The molecule has 5 nitrogen and oxygen atoms in total. The lowest BCUT2D eigenvalue weighted by Gasteiger charge is -2.10. The minimum Gasteiger partial charge on any atom is -0.490 e. The van der Waals surface area contributed by atoms with E-state index in [4.69, 9.17) is 26.5 Å². The number of halogens is 1. The van der Waals surface area contributed by atoms with Crippen LogP contribution < -0.4 is 15.8 Å². The van der Waals surface area contributed by atoms with Crippen LogP contribution in [0.4, 0.5) is 5.69 Å². The molecule has 0 saturated carbocycles. The van der Waals surface area contributed by atoms with Gasteiger partial charge in [0.1, 0.15) is 0 Å². The third-order valence-corrected chi connectivity index (χ3v) is 3.92. The molecule has 25 heavy (non-hydrogen) atoms. The molecule has 3 rings (SSSR count). The summed E-state index contributed by atoms with van der Waals surface area (Å²) in [7, 11) is 0. The van der Waals surface area contributed by atoms with Crippen LogP contribution in [-0.2, 0) is 0 Å². The predicted molar refractivity (Wildman–Crippen MR) is 100 cm³/mol. The zero-order chi connectivity index (χ0) is 18.0. The SMILES string of the molecule is C=C(Nc1c(C(N)=O)oc2c(OCC)cccc12)c1ccc(Cl)cc1. The lowest BCUT2D eigenvalue weighted by molar-refractivity contribution is 0.0977. The van der Waals surface area contributed by atoms with E-state index in [-0.39, 0.29) is 5.76 Å². The monoisotopic (exact) mass is 356 g/mol. The maximum Gasteiger partial charge on any atom is 0.286 e. The minimum atomic E-state index is -0.676. The zero-order valence-corrected chi connectivity index (χ0v) is 14.4. The number of rotatable bonds is 6. The Kier molecular flexibility index (Phi) is 4.67. The number of hydrogen-bond acceptors (Lipinski definition) is 4. The Bertz CT molecular complexity index is 945. The van der Waals surface area contributed by atoms with Gasteiger partial charge in [0.15, 0.2) is 11.3 Å². The second-order valence-electron chi connectivity index (χ2n) is 5.35. The third kappa shape index (κ3) is 3.32. The largest absolute Gasteiger partial charge is 0.490 e. The number of fused-ring (bicyclic) bond motifs is 1. The van der Waals surface area contributed by atoms with E-state index >= 15 is 0 Å². The Morgan fingerprint density at radius 2 is 2.00 bits per heavy atom. The van der Waals surface area contributed by atoms with Crippen LogP contribution in [0.3, 0.4) is 0 Å². The zero-order valence-electron chi connectivity index (χ0n) is 13.6. The van der Waals surface area contributed by atoms with Crippen molar-refractivity contribution in [2.75, 3.05) is 11.9 Å². The van der Waals surface area contributed by atoms with Gasteiger partial charge in [0.05, 0.1) is 12.3 Å². The van der Waals surface area contributed by atoms with Crippen molar-refractivity contribution in [3.63, 3.8) is 0 Å². The first kappa shape index (κ1) is 16.9. The highest BCUT2D eigenvalue weighted by Crippen LogP contribution is 2.37. The van der Waals surface area contributed by atoms with Gasteiger partial charge in [-0.3, -0.25) is 4.79 Å². The molecule has 1 aromatic heterocycles. The van der Waals surface area contributed by atoms with Gasteiger partial charge in [0, 0.05) is 16.1 Å². The van der Waals surface area contributed by atoms with Gasteiger partial charge in [0.25, 0.3) is 5.91 Å². The van der Waals surface area contributed by atoms with Crippen LogP contribution in [-0.4, -0.2) is 12.5 Å². The highest BCUT2D eigenvalue weighted by atomic mass is 35.5. The number of carbonyl (C=O) groups is 1. The van der Waals surface area contributed by atoms with Crippen LogP contribution in [0.1, 0.15) is 23.0 Å². The number of para-hydroxylation sites is 1. The smallest absolute Gasteiger partial charge is 0.286 e. The first-order valence-electron chi connectivity index (χ1n) is 7.71. The molecule has 1 amide bonds. The number of furan rings is 1. The molecule has 0 atom stereocenters. The summed E-state index contributed by atoms with van der Waals surface area (Å²) in [6, 6.07) is 12.6. The number of anilines is 1. The molecule has 2 aromatic carbocycles. The van der Waals surface area contributed by atoms with Crippen LogP contribution in [0.25, 0.3) is 16.7 Å². The molecule has 3 aromatic rings. The Labute approximate surface area is 150 Å². The quantitative estimate of drug-likeness (QED) is 0.673. The lowest BCUT2D eigenvalue weighted by atomic mass is 10.1. The highest BCUT2D eigenvalue weighted by Gasteiger charge is 2.21. The molecule has 128 valence electrons. The number of nitrogens with one attached hydrogen (secondary N) is 1. The minimum absolute atomic E-state index is 0.0252. The van der Waals surface area contributed by atoms with Crippen LogP contribution in [0.15, 0.2) is 53.5 Å². The summed E-state index contributed by atoms with van der Waals surface area (Å²) >= 11 is 5.91. The summed E-state index contributed by atoms with van der Waals surface area (Å²) in [5.41, 5.74) is 7.82. The molecule has 1 heterocycles. The van der Waals surface area contributed by atoms with Gasteiger partial charge >= 0.3 is 0 Å². The first-order valence-corrected chi connectivity index (χ1v) is 8.09. The normalized spacial score (nSPS) is 10.6. The van der Waals surface area contributed by atoms with Crippen molar-refractivity contribution in [1.82, 2.24) is 0 Å². The van der Waals surface area contributed by atoms with Gasteiger partial charge in [-0.1, -0.05) is 36.4 Å². The van der Waals surface area contributed by atoms with Crippen molar-refractivity contribution in [2.24, 2.45) is 5.73 Å². The number of ether oxygens (including phenoxy) is 1. The average Bonchev–Trinajstić information content (AvgIpc) is 2.96. The second kappa shape index (κ2) is 6.91. The molecule has 0 spiro atoms. The molecule has 0 unspecified atom stereocenters. The summed E-state index contributed by atoms with van der Waals surface area (Å²) in [6.07, 6.45) is 0. The number of primary amides is 1. The van der Waals surface area contributed by atoms with Crippen molar-refractivity contribution in [2.45, 2.75) is 6.92 Å². The Morgan fingerprint density at radius 1 is 1.28 bits per heavy atom. The van der Waals surface area contributed by atoms with Crippen LogP contribution in [0.2, 0.25) is 5.02 Å². The average molecular weight is 357 g/mol. The Hall–Kier alpha value is -2.92. The van der Waals surface area contributed by atoms with Gasteiger partial charge in [0.2, 0.25) is 5.76 Å². The summed E-state index contributed by atoms with van der Waals surface area (Å²) < 4.78 is 11.2. The Balaban J connectivity index is 2.06. The second-order valence-corrected chi connectivity index (χ2v) is 5.78. The molecule has 3 N–H and O–H groups in total. The molecule has 0 aliphatic rings. The number of amides is 1. The fourth-order valence-electron chi connectivity index (χ4n) is 2.53. The van der Waals surface area contributed by atoms with Gasteiger partial charge in [-0.2, -0.15) is 0 Å². The van der Waals surface area contributed by atoms with E-state index in [0.29, 0.717) is 39.7 Å². The molecule has 0 saturated heterocycles. The maximum absolute atomic E-state index is 11.8. The van der Waals surface area contributed by atoms with Gasteiger partial charge in [-0.15, -0.1) is 0 Å². The van der Waals surface area contributed by atoms with Crippen molar-refractivity contribution in [3.05, 3.63) is 65.4 Å². The Morgan fingerprint density at radius 3 is 2.64 bits per heavy atom. The van der Waals surface area contributed by atoms with Gasteiger partial charge in [-0.05, 0) is 36.8 Å². The number of carbonyl (C=O) groups excluding carboxylic acids is 1. The van der Waals surface area contributed by atoms with Crippen LogP contribution in [0.5, 0.6) is 5.75 Å². The molecule has 0 bridgehead atoms. The lowest BCUT2D eigenvalue weighted by Crippen LogP contribution is -2.12. The van der Waals surface area contributed by atoms with E-state index < -0.39 is 5.91 Å². The van der Waals surface area contributed by atoms with Crippen LogP contribution in [0, 0.1) is 0 Å². The number of nitrogens with two attached hydrogens (primary N) is 1. The topological polar surface area (TPSA) is 77.5 Å². The van der Waals surface area contributed by atoms with E-state index in [1.165, 1.54) is 0 Å². The fraction of sp³-hybridized carbons (Fsp3) is 0.105. The highest BCUT2D eigenvalue weighted by molar-refractivity contribution is 6.30. The molecular weight excluding hydrogens is 340 g/mol. The number of benzene rings is 2. The molecular formula is C19H17ClN2O3. The summed E-state index contributed by atoms with van der Waals surface area (Å²) in [5.74, 6) is -0.102. The maximum atomic E-state index is 11.8. The van der Waals surface area contributed by atoms with E-state index in [1.807, 2.05) is 31.2 Å². The molecule has 0 aliphatic heterocycles. The third-order valence-electron chi connectivity index (χ3n) is 3.67. The first-order chi connectivity index (χ1) is 12.0. The summed E-state index contributed by atoms with van der Waals surface area (Å²) in [6.45, 7) is 6.37. The van der Waals surface area contributed by atoms with E-state index in [9.17, 15) is 4.79 Å². The molecule has 0 aliphatic carbocycles. The van der Waals surface area contributed by atoms with Crippen molar-refractivity contribution >= 4 is 39.9 Å². The van der Waals surface area contributed by atoms with Crippen LogP contribution >= 0.6 is 11.6 Å². The van der Waals surface area contributed by atoms with Crippen molar-refractivity contribution in [1.29, 1.82) is 0 Å². The van der Waals surface area contributed by atoms with Gasteiger partial charge < -0.3 is 20.2 Å². The predicted octanol–water partition coefficient (Wildman–Crippen LogP) is 4.67. The molecule has 0 fully saturated rings. The van der Waals surface area contributed by atoms with Crippen molar-refractivity contribution < 1.29 is 13.9 Å². The molecule has 6 heteroatoms. The van der Waals surface area contributed by atoms with Crippen molar-refractivity contribution in [3.8, 4) is 5.75 Å².